The lowest BCUT2D eigenvalue weighted by Crippen LogP contribution is -2.52. The minimum Gasteiger partial charge on any atom is -0.480 e. The molecule has 0 fully saturated rings. The molecule has 0 aromatic heterocycles. The number of hydrogen-bond acceptors (Lipinski definition) is 6. The Kier molecular flexibility index (Phi) is 8.37. The molecule has 146 valence electrons. The van der Waals surface area contributed by atoms with E-state index in [1.54, 1.807) is 48.5 Å². The summed E-state index contributed by atoms with van der Waals surface area (Å²) in [6, 6.07) is -1.49. The molecule has 0 aliphatic carbocycles. The minimum absolute atomic E-state index is 0.0648. The number of imide groups is 1. The molecule has 2 unspecified atom stereocenters. The quantitative estimate of drug-likeness (QED) is 0.746. The Balaban J connectivity index is 5.51. The third-order valence-corrected chi connectivity index (χ3v) is 2.91. The van der Waals surface area contributed by atoms with E-state index in [2.05, 4.69) is 0 Å². The summed E-state index contributed by atoms with van der Waals surface area (Å²) < 4.78 is 10.4. The Hall–Kier alpha value is -1.83. The highest BCUT2D eigenvalue weighted by atomic mass is 16.6. The van der Waals surface area contributed by atoms with Crippen molar-refractivity contribution in [1.82, 2.24) is 4.90 Å². The SMILES string of the molecule is CC(N)CCCC(C(=O)O)N(C(=O)OC(C)(C)C)C(=O)OC(C)(C)C. The van der Waals surface area contributed by atoms with Gasteiger partial charge in [0.15, 0.2) is 0 Å². The maximum absolute atomic E-state index is 12.4. The number of rotatable bonds is 6. The summed E-state index contributed by atoms with van der Waals surface area (Å²) in [5, 5.41) is 9.51. The van der Waals surface area contributed by atoms with Gasteiger partial charge in [0.25, 0.3) is 0 Å². The van der Waals surface area contributed by atoms with E-state index in [1.807, 2.05) is 0 Å². The predicted molar refractivity (Wildman–Crippen MR) is 93.2 cm³/mol. The fourth-order valence-electron chi connectivity index (χ4n) is 1.95. The zero-order chi connectivity index (χ0) is 20.0. The number of hydrogen-bond donors (Lipinski definition) is 2. The number of nitrogens with zero attached hydrogens (tertiary/aromatic N) is 1. The van der Waals surface area contributed by atoms with Crippen molar-refractivity contribution < 1.29 is 29.0 Å². The molecule has 0 saturated carbocycles. The smallest absolute Gasteiger partial charge is 0.420 e. The Bertz CT molecular complexity index is 449. The van der Waals surface area contributed by atoms with E-state index < -0.39 is 35.4 Å². The third-order valence-electron chi connectivity index (χ3n) is 2.91. The average Bonchev–Trinajstić information content (AvgIpc) is 2.32. The van der Waals surface area contributed by atoms with Crippen LogP contribution >= 0.6 is 0 Å². The van der Waals surface area contributed by atoms with Gasteiger partial charge in [-0.15, -0.1) is 0 Å². The van der Waals surface area contributed by atoms with Crippen molar-refractivity contribution in [1.29, 1.82) is 0 Å². The highest BCUT2D eigenvalue weighted by Crippen LogP contribution is 2.19. The lowest BCUT2D eigenvalue weighted by atomic mass is 10.1. The van der Waals surface area contributed by atoms with Crippen LogP contribution in [0.2, 0.25) is 0 Å². The molecule has 0 spiro atoms. The number of carbonyl (C=O) groups is 3. The van der Waals surface area contributed by atoms with Crippen molar-refractivity contribution in [2.24, 2.45) is 5.73 Å². The fraction of sp³-hybridized carbons (Fsp3) is 0.824. The van der Waals surface area contributed by atoms with Crippen LogP contribution in [0.5, 0.6) is 0 Å². The van der Waals surface area contributed by atoms with Gasteiger partial charge in [-0.1, -0.05) is 0 Å². The molecule has 0 rings (SSSR count). The zero-order valence-electron chi connectivity index (χ0n) is 16.3. The Labute approximate surface area is 149 Å². The van der Waals surface area contributed by atoms with Crippen LogP contribution in [0, 0.1) is 0 Å². The van der Waals surface area contributed by atoms with Gasteiger partial charge in [0.05, 0.1) is 0 Å². The molecule has 0 heterocycles. The second-order valence-electron chi connectivity index (χ2n) is 8.09. The number of amides is 2. The fourth-order valence-corrected chi connectivity index (χ4v) is 1.95. The molecule has 0 aliphatic rings. The molecule has 8 heteroatoms. The minimum atomic E-state index is -1.39. The van der Waals surface area contributed by atoms with E-state index in [4.69, 9.17) is 15.2 Å². The van der Waals surface area contributed by atoms with E-state index >= 15 is 0 Å². The molecule has 8 nitrogen and oxygen atoms in total. The van der Waals surface area contributed by atoms with Crippen LogP contribution in [-0.2, 0) is 14.3 Å². The monoisotopic (exact) mass is 360 g/mol. The molecule has 2 atom stereocenters. The summed E-state index contributed by atoms with van der Waals surface area (Å²) in [6.07, 6.45) is -1.02. The standard InChI is InChI=1S/C17H32N2O6/c1-11(18)9-8-10-12(13(20)21)19(14(22)24-16(2,3)4)15(23)25-17(5,6)7/h11-12H,8-10,18H2,1-7H3,(H,20,21). The normalized spacial score (nSPS) is 14.4. The predicted octanol–water partition coefficient (Wildman–Crippen LogP) is 3.13. The van der Waals surface area contributed by atoms with E-state index in [0.29, 0.717) is 17.7 Å². The molecule has 0 bridgehead atoms. The van der Waals surface area contributed by atoms with Gasteiger partial charge in [0, 0.05) is 6.04 Å². The number of ether oxygens (including phenoxy) is 2. The summed E-state index contributed by atoms with van der Waals surface area (Å²) >= 11 is 0. The van der Waals surface area contributed by atoms with E-state index in [9.17, 15) is 19.5 Å². The largest absolute Gasteiger partial charge is 0.480 e. The maximum atomic E-state index is 12.4. The van der Waals surface area contributed by atoms with Crippen LogP contribution < -0.4 is 5.73 Å². The number of aliphatic carboxylic acids is 1. The van der Waals surface area contributed by atoms with E-state index in [1.165, 1.54) is 0 Å². The van der Waals surface area contributed by atoms with Gasteiger partial charge in [0.1, 0.15) is 17.2 Å². The summed E-state index contributed by atoms with van der Waals surface area (Å²) in [5.41, 5.74) is 3.91. The van der Waals surface area contributed by atoms with Crippen molar-refractivity contribution in [3.05, 3.63) is 0 Å². The first kappa shape index (κ1) is 23.2. The van der Waals surface area contributed by atoms with Gasteiger partial charge in [0.2, 0.25) is 0 Å². The van der Waals surface area contributed by atoms with E-state index in [0.717, 1.165) is 0 Å². The van der Waals surface area contributed by atoms with Crippen molar-refractivity contribution in [2.45, 2.75) is 91.0 Å². The molecule has 0 aliphatic heterocycles. The van der Waals surface area contributed by atoms with Crippen molar-refractivity contribution >= 4 is 18.2 Å². The van der Waals surface area contributed by atoms with Crippen LogP contribution in [0.1, 0.15) is 67.7 Å². The van der Waals surface area contributed by atoms with Gasteiger partial charge in [-0.3, -0.25) is 0 Å². The van der Waals surface area contributed by atoms with Crippen molar-refractivity contribution in [2.75, 3.05) is 0 Å². The summed E-state index contributed by atoms with van der Waals surface area (Å²) in [5.74, 6) is -1.30. The lowest BCUT2D eigenvalue weighted by Gasteiger charge is -2.31. The van der Waals surface area contributed by atoms with E-state index in [-0.39, 0.29) is 12.5 Å². The molecule has 0 aromatic carbocycles. The first-order valence-electron chi connectivity index (χ1n) is 8.37. The molecular formula is C17H32N2O6. The van der Waals surface area contributed by atoms with Gasteiger partial charge in [-0.05, 0) is 67.7 Å². The number of carboxylic acid groups (broad SMARTS) is 1. The summed E-state index contributed by atoms with van der Waals surface area (Å²) in [4.78, 5) is 37.1. The van der Waals surface area contributed by atoms with Gasteiger partial charge >= 0.3 is 18.2 Å². The first-order valence-corrected chi connectivity index (χ1v) is 8.37. The first-order chi connectivity index (χ1) is 11.1. The van der Waals surface area contributed by atoms with Gasteiger partial charge < -0.3 is 20.3 Å². The number of carbonyl (C=O) groups excluding carboxylic acids is 2. The summed E-state index contributed by atoms with van der Waals surface area (Å²) in [7, 11) is 0. The van der Waals surface area contributed by atoms with Crippen LogP contribution in [-0.4, -0.2) is 51.4 Å². The molecule has 0 aromatic rings. The highest BCUT2D eigenvalue weighted by molar-refractivity contribution is 5.93. The molecular weight excluding hydrogens is 328 g/mol. The Morgan fingerprint density at radius 1 is 0.960 bits per heavy atom. The third kappa shape index (κ3) is 9.91. The molecule has 3 N–H and O–H groups in total. The van der Waals surface area contributed by atoms with Crippen LogP contribution in [0.15, 0.2) is 0 Å². The number of carboxylic acids is 1. The van der Waals surface area contributed by atoms with Gasteiger partial charge in [-0.2, -0.15) is 4.90 Å². The van der Waals surface area contributed by atoms with Crippen LogP contribution in [0.4, 0.5) is 9.59 Å². The highest BCUT2D eigenvalue weighted by Gasteiger charge is 2.40. The average molecular weight is 360 g/mol. The topological polar surface area (TPSA) is 119 Å². The zero-order valence-corrected chi connectivity index (χ0v) is 16.3. The molecule has 0 radical (unpaired) electrons. The van der Waals surface area contributed by atoms with Crippen LogP contribution in [0.25, 0.3) is 0 Å². The van der Waals surface area contributed by atoms with Crippen molar-refractivity contribution in [3.8, 4) is 0 Å². The lowest BCUT2D eigenvalue weighted by molar-refractivity contribution is -0.143. The van der Waals surface area contributed by atoms with Crippen molar-refractivity contribution in [3.63, 3.8) is 0 Å². The molecule has 2 amide bonds. The second kappa shape index (κ2) is 9.03. The number of nitrogens with two attached hydrogens (primary N) is 1. The van der Waals surface area contributed by atoms with Crippen LogP contribution in [0.3, 0.4) is 0 Å². The second-order valence-corrected chi connectivity index (χ2v) is 8.09. The molecule has 25 heavy (non-hydrogen) atoms. The maximum Gasteiger partial charge on any atom is 0.420 e. The summed E-state index contributed by atoms with van der Waals surface area (Å²) in [6.45, 7) is 11.6. The molecule has 0 saturated heterocycles. The Morgan fingerprint density at radius 3 is 1.64 bits per heavy atom. The Morgan fingerprint density at radius 2 is 1.36 bits per heavy atom. The van der Waals surface area contributed by atoms with Gasteiger partial charge in [-0.25, -0.2) is 14.4 Å².